The van der Waals surface area contributed by atoms with Crippen molar-refractivity contribution < 1.29 is 4.42 Å². The van der Waals surface area contributed by atoms with E-state index in [1.165, 1.54) is 77.2 Å². The zero-order valence-electron chi connectivity index (χ0n) is 34.9. The van der Waals surface area contributed by atoms with Crippen LogP contribution in [0.1, 0.15) is 0 Å². The SMILES string of the molecule is c1ccc(-c2cc(N(c3ccc(-c4cccc5ccccc45)cc3)c3ccc(-c4cccc5c4oc4ccccc45)cc3)c(-c3ccccc3)c3c2-c2cccc4cccc-3c24)cc1. The van der Waals surface area contributed by atoms with Crippen molar-refractivity contribution in [1.29, 1.82) is 0 Å². The van der Waals surface area contributed by atoms with Crippen LogP contribution in [0.4, 0.5) is 17.1 Å². The lowest BCUT2D eigenvalue weighted by Gasteiger charge is -2.31. The highest BCUT2D eigenvalue weighted by Gasteiger charge is 2.32. The van der Waals surface area contributed by atoms with E-state index in [1.807, 2.05) is 6.07 Å². The Bertz CT molecular complexity index is 3740. The predicted octanol–water partition coefficient (Wildman–Crippen LogP) is 17.7. The average molecular weight is 814 g/mol. The molecule has 0 fully saturated rings. The van der Waals surface area contributed by atoms with Gasteiger partial charge in [0.05, 0.1) is 5.69 Å². The van der Waals surface area contributed by atoms with Gasteiger partial charge in [-0.3, -0.25) is 0 Å². The molecule has 0 saturated heterocycles. The monoisotopic (exact) mass is 813 g/mol. The van der Waals surface area contributed by atoms with Gasteiger partial charge >= 0.3 is 0 Å². The first kappa shape index (κ1) is 36.2. The van der Waals surface area contributed by atoms with Gasteiger partial charge in [0.15, 0.2) is 0 Å². The molecule has 0 atom stereocenters. The molecule has 298 valence electrons. The lowest BCUT2D eigenvalue weighted by atomic mass is 9.85. The molecule has 0 amide bonds. The molecule has 0 saturated carbocycles. The van der Waals surface area contributed by atoms with Crippen molar-refractivity contribution in [2.24, 2.45) is 0 Å². The minimum atomic E-state index is 0.900. The third kappa shape index (κ3) is 5.66. The summed E-state index contributed by atoms with van der Waals surface area (Å²) in [6.45, 7) is 0. The highest BCUT2D eigenvalue weighted by molar-refractivity contribution is 6.23. The Morgan fingerprint density at radius 2 is 0.797 bits per heavy atom. The van der Waals surface area contributed by atoms with Crippen molar-refractivity contribution in [1.82, 2.24) is 0 Å². The molecule has 1 heterocycles. The van der Waals surface area contributed by atoms with Crippen molar-refractivity contribution in [2.45, 2.75) is 0 Å². The summed E-state index contributed by atoms with van der Waals surface area (Å²) in [5, 5.41) is 7.30. The Hall–Kier alpha value is -8.46. The quantitative estimate of drug-likeness (QED) is 0.159. The maximum Gasteiger partial charge on any atom is 0.143 e. The molecule has 0 N–H and O–H groups in total. The van der Waals surface area contributed by atoms with E-state index in [0.717, 1.165) is 50.1 Å². The summed E-state index contributed by atoms with van der Waals surface area (Å²) in [6.07, 6.45) is 0. The predicted molar refractivity (Wildman–Crippen MR) is 270 cm³/mol. The maximum atomic E-state index is 6.53. The standard InChI is InChI=1S/C62H39NO/c1-3-15-41(16-4-1)55-39-56(59(45-18-5-2-6-19-45)61-54-29-13-22-44-21-12-28-53(58(44)54)60(55)61)63(46-35-31-42(32-36-46)49-25-11-20-40-17-7-8-23-48(40)49)47-37-33-43(34-38-47)50-26-14-27-52-51-24-9-10-30-57(51)64-62(50)52/h1-39H. The van der Waals surface area contributed by atoms with Gasteiger partial charge in [0.2, 0.25) is 0 Å². The van der Waals surface area contributed by atoms with E-state index in [4.69, 9.17) is 4.42 Å². The number of anilines is 3. The molecule has 0 unspecified atom stereocenters. The van der Waals surface area contributed by atoms with Crippen molar-refractivity contribution in [3.8, 4) is 66.8 Å². The van der Waals surface area contributed by atoms with Crippen LogP contribution in [0.2, 0.25) is 0 Å². The number of hydrogen-bond donors (Lipinski definition) is 0. The number of furan rings is 1. The summed E-state index contributed by atoms with van der Waals surface area (Å²) in [7, 11) is 0. The molecule has 0 bridgehead atoms. The van der Waals surface area contributed by atoms with E-state index < -0.39 is 0 Å². The number of nitrogens with zero attached hydrogens (tertiary/aromatic N) is 1. The largest absolute Gasteiger partial charge is 0.455 e. The van der Waals surface area contributed by atoms with Crippen molar-refractivity contribution in [2.75, 3.05) is 4.90 Å². The third-order valence-electron chi connectivity index (χ3n) is 13.2. The van der Waals surface area contributed by atoms with Crippen LogP contribution in [0, 0.1) is 0 Å². The Balaban J connectivity index is 1.08. The maximum absolute atomic E-state index is 6.53. The smallest absolute Gasteiger partial charge is 0.143 e. The van der Waals surface area contributed by atoms with E-state index in [2.05, 4.69) is 235 Å². The molecule has 1 aliphatic carbocycles. The molecule has 0 spiro atoms. The van der Waals surface area contributed by atoms with Gasteiger partial charge < -0.3 is 9.32 Å². The van der Waals surface area contributed by atoms with Gasteiger partial charge in [0.25, 0.3) is 0 Å². The van der Waals surface area contributed by atoms with Crippen LogP contribution >= 0.6 is 0 Å². The van der Waals surface area contributed by atoms with Crippen molar-refractivity contribution >= 4 is 60.5 Å². The van der Waals surface area contributed by atoms with Gasteiger partial charge in [-0.2, -0.15) is 0 Å². The molecule has 2 heteroatoms. The second-order valence-corrected chi connectivity index (χ2v) is 16.7. The Labute approximate surface area is 371 Å². The van der Waals surface area contributed by atoms with Crippen molar-refractivity contribution in [3.63, 3.8) is 0 Å². The van der Waals surface area contributed by atoms with Gasteiger partial charge in [-0.15, -0.1) is 0 Å². The fraction of sp³-hybridized carbons (Fsp3) is 0. The van der Waals surface area contributed by atoms with Gasteiger partial charge in [-0.25, -0.2) is 0 Å². The second kappa shape index (κ2) is 14.6. The van der Waals surface area contributed by atoms with E-state index in [0.29, 0.717) is 0 Å². The van der Waals surface area contributed by atoms with Gasteiger partial charge in [0.1, 0.15) is 11.2 Å². The molecule has 1 aliphatic rings. The normalized spacial score (nSPS) is 11.8. The van der Waals surface area contributed by atoms with Gasteiger partial charge in [-0.05, 0) is 108 Å². The van der Waals surface area contributed by atoms with Crippen LogP contribution < -0.4 is 4.90 Å². The van der Waals surface area contributed by atoms with Gasteiger partial charge in [-0.1, -0.05) is 200 Å². The summed E-state index contributed by atoms with van der Waals surface area (Å²) in [6, 6.07) is 86.1. The first-order valence-corrected chi connectivity index (χ1v) is 22.0. The van der Waals surface area contributed by atoms with Crippen molar-refractivity contribution in [3.05, 3.63) is 237 Å². The highest BCUT2D eigenvalue weighted by atomic mass is 16.3. The van der Waals surface area contributed by atoms with Crippen LogP contribution in [-0.4, -0.2) is 0 Å². The lowest BCUT2D eigenvalue weighted by Crippen LogP contribution is -2.12. The Kier molecular flexibility index (Phi) is 8.25. The molecule has 64 heavy (non-hydrogen) atoms. The molecule has 1 aromatic heterocycles. The Morgan fingerprint density at radius 3 is 1.52 bits per heavy atom. The molecular formula is C62H39NO. The first-order valence-electron chi connectivity index (χ1n) is 22.0. The van der Waals surface area contributed by atoms with E-state index in [1.54, 1.807) is 0 Å². The molecular weight excluding hydrogens is 775 g/mol. The number of rotatable bonds is 7. The lowest BCUT2D eigenvalue weighted by molar-refractivity contribution is 0.670. The number of benzene rings is 11. The van der Waals surface area contributed by atoms with E-state index >= 15 is 0 Å². The van der Waals surface area contributed by atoms with Crippen LogP contribution in [-0.2, 0) is 0 Å². The topological polar surface area (TPSA) is 16.4 Å². The molecule has 0 radical (unpaired) electrons. The minimum Gasteiger partial charge on any atom is -0.455 e. The van der Waals surface area contributed by atoms with Crippen LogP contribution in [0.25, 0.3) is 110 Å². The summed E-state index contributed by atoms with van der Waals surface area (Å²) < 4.78 is 6.53. The van der Waals surface area contributed by atoms with Gasteiger partial charge in [0, 0.05) is 38.8 Å². The fourth-order valence-electron chi connectivity index (χ4n) is 10.4. The number of fused-ring (bicyclic) bond motifs is 7. The van der Waals surface area contributed by atoms with Crippen LogP contribution in [0.3, 0.4) is 0 Å². The number of hydrogen-bond acceptors (Lipinski definition) is 2. The second-order valence-electron chi connectivity index (χ2n) is 16.7. The van der Waals surface area contributed by atoms with E-state index in [-0.39, 0.29) is 0 Å². The summed E-state index contributed by atoms with van der Waals surface area (Å²) >= 11 is 0. The average Bonchev–Trinajstić information content (AvgIpc) is 3.92. The zero-order valence-corrected chi connectivity index (χ0v) is 34.9. The van der Waals surface area contributed by atoms with Crippen LogP contribution in [0.15, 0.2) is 241 Å². The molecule has 13 rings (SSSR count). The van der Waals surface area contributed by atoms with E-state index in [9.17, 15) is 0 Å². The molecule has 11 aromatic carbocycles. The summed E-state index contributed by atoms with van der Waals surface area (Å²) in [4.78, 5) is 2.47. The highest BCUT2D eigenvalue weighted by Crippen LogP contribution is 2.58. The third-order valence-corrected chi connectivity index (χ3v) is 13.2. The van der Waals surface area contributed by atoms with Crippen LogP contribution in [0.5, 0.6) is 0 Å². The first-order chi connectivity index (χ1) is 31.8. The molecule has 2 nitrogen and oxygen atoms in total. The summed E-state index contributed by atoms with van der Waals surface area (Å²) in [5.74, 6) is 0. The molecule has 0 aliphatic heterocycles. The fourth-order valence-corrected chi connectivity index (χ4v) is 10.4. The zero-order chi connectivity index (χ0) is 42.1. The minimum absolute atomic E-state index is 0.900. The number of para-hydroxylation sites is 2. The summed E-state index contributed by atoms with van der Waals surface area (Å²) in [5.41, 5.74) is 19.5. The molecule has 12 aromatic rings. The Morgan fingerprint density at radius 1 is 0.297 bits per heavy atom.